The zero-order valence-corrected chi connectivity index (χ0v) is 16.6. The maximum Gasteiger partial charge on any atom is 0.229 e. The van der Waals surface area contributed by atoms with Crippen molar-refractivity contribution < 1.29 is 4.74 Å². The molecule has 1 aliphatic rings. The minimum absolute atomic E-state index is 0.596. The van der Waals surface area contributed by atoms with Gasteiger partial charge in [-0.05, 0) is 36.6 Å². The van der Waals surface area contributed by atoms with Crippen LogP contribution in [-0.4, -0.2) is 42.8 Å². The summed E-state index contributed by atoms with van der Waals surface area (Å²) in [5, 5.41) is 6.78. The molecule has 1 aliphatic heterocycles. The Labute approximate surface area is 172 Å². The van der Waals surface area contributed by atoms with Crippen molar-refractivity contribution in [1.82, 2.24) is 9.97 Å². The lowest BCUT2D eigenvalue weighted by molar-refractivity contribution is 0.123. The molecule has 0 saturated carbocycles. The van der Waals surface area contributed by atoms with Crippen molar-refractivity contribution in [3.05, 3.63) is 72.4 Å². The summed E-state index contributed by atoms with van der Waals surface area (Å²) in [5.41, 5.74) is 3.52. The quantitative estimate of drug-likeness (QED) is 0.566. The summed E-state index contributed by atoms with van der Waals surface area (Å²) in [5.74, 6) is 1.43. The van der Waals surface area contributed by atoms with Gasteiger partial charge in [-0.1, -0.05) is 42.5 Å². The van der Waals surface area contributed by atoms with E-state index < -0.39 is 0 Å². The highest BCUT2D eigenvalue weighted by atomic mass is 16.5. The number of hydrogen-bond acceptors (Lipinski definition) is 6. The van der Waals surface area contributed by atoms with E-state index in [1.807, 2.05) is 18.2 Å². The third-order valence-corrected chi connectivity index (χ3v) is 4.95. The summed E-state index contributed by atoms with van der Waals surface area (Å²) in [7, 11) is 0. The van der Waals surface area contributed by atoms with Gasteiger partial charge in [0.25, 0.3) is 0 Å². The first-order valence-corrected chi connectivity index (χ1v) is 10.2. The molecular weight excluding hydrogens is 362 g/mol. The molecule has 0 aliphatic carbocycles. The van der Waals surface area contributed by atoms with E-state index in [0.29, 0.717) is 5.95 Å². The first-order valence-electron chi connectivity index (χ1n) is 10.2. The van der Waals surface area contributed by atoms with Gasteiger partial charge in [0, 0.05) is 25.8 Å². The van der Waals surface area contributed by atoms with Crippen molar-refractivity contribution in [2.24, 2.45) is 0 Å². The van der Waals surface area contributed by atoms with Gasteiger partial charge < -0.3 is 20.3 Å². The number of hydrogen-bond donors (Lipinski definition) is 2. The van der Waals surface area contributed by atoms with E-state index in [4.69, 9.17) is 4.74 Å². The molecule has 150 valence electrons. The number of nitrogens with one attached hydrogen (secondary N) is 2. The number of morpholine rings is 1. The molecule has 6 nitrogen and oxygen atoms in total. The average molecular weight is 390 g/mol. The fourth-order valence-electron chi connectivity index (χ4n) is 3.45. The number of benzene rings is 2. The molecule has 2 heterocycles. The molecule has 3 aromatic rings. The second-order valence-corrected chi connectivity index (χ2v) is 7.02. The van der Waals surface area contributed by atoms with E-state index in [1.165, 1.54) is 5.56 Å². The van der Waals surface area contributed by atoms with Crippen molar-refractivity contribution in [3.8, 4) is 0 Å². The van der Waals surface area contributed by atoms with Crippen molar-refractivity contribution in [2.45, 2.75) is 12.8 Å². The molecule has 0 spiro atoms. The van der Waals surface area contributed by atoms with E-state index in [2.05, 4.69) is 68.0 Å². The molecule has 1 aromatic heterocycles. The van der Waals surface area contributed by atoms with E-state index in [1.54, 1.807) is 6.20 Å². The maximum atomic E-state index is 5.47. The van der Waals surface area contributed by atoms with E-state index >= 15 is 0 Å². The first-order chi connectivity index (χ1) is 14.4. The fraction of sp³-hybridized carbons (Fsp3) is 0.304. The number of nitrogens with zero attached hydrogens (tertiary/aromatic N) is 3. The number of anilines is 4. The molecular formula is C23H27N5O. The van der Waals surface area contributed by atoms with Crippen LogP contribution >= 0.6 is 0 Å². The molecule has 0 atom stereocenters. The van der Waals surface area contributed by atoms with Crippen LogP contribution in [0.5, 0.6) is 0 Å². The van der Waals surface area contributed by atoms with Crippen molar-refractivity contribution >= 4 is 23.1 Å². The molecule has 1 fully saturated rings. The van der Waals surface area contributed by atoms with Gasteiger partial charge >= 0.3 is 0 Å². The highest BCUT2D eigenvalue weighted by molar-refractivity contribution is 5.73. The Morgan fingerprint density at radius 1 is 0.931 bits per heavy atom. The summed E-state index contributed by atoms with van der Waals surface area (Å²) < 4.78 is 5.47. The number of para-hydroxylation sites is 2. The average Bonchev–Trinajstić information content (AvgIpc) is 2.79. The van der Waals surface area contributed by atoms with Crippen LogP contribution in [0.2, 0.25) is 0 Å². The molecule has 0 radical (unpaired) electrons. The van der Waals surface area contributed by atoms with E-state index in [-0.39, 0.29) is 0 Å². The Morgan fingerprint density at radius 3 is 2.59 bits per heavy atom. The van der Waals surface area contributed by atoms with Crippen LogP contribution in [-0.2, 0) is 11.2 Å². The standard InChI is InChI=1S/C23H27N5O/c1-2-7-19(8-3-1)9-6-13-24-22-12-14-25-23(27-22)26-20-10-4-5-11-21(20)28-15-17-29-18-16-28/h1-5,7-8,10-12,14H,6,9,13,15-18H2,(H2,24,25,26,27). The summed E-state index contributed by atoms with van der Waals surface area (Å²) in [4.78, 5) is 11.3. The summed E-state index contributed by atoms with van der Waals surface area (Å²) in [6, 6.07) is 20.7. The van der Waals surface area contributed by atoms with Gasteiger partial charge in [-0.3, -0.25) is 0 Å². The molecule has 2 aromatic carbocycles. The Hall–Kier alpha value is -3.12. The van der Waals surface area contributed by atoms with Crippen LogP contribution in [0.15, 0.2) is 66.9 Å². The number of aryl methyl sites for hydroxylation is 1. The number of ether oxygens (including phenoxy) is 1. The second-order valence-electron chi connectivity index (χ2n) is 7.02. The molecule has 6 heteroatoms. The van der Waals surface area contributed by atoms with Crippen LogP contribution < -0.4 is 15.5 Å². The highest BCUT2D eigenvalue weighted by Gasteiger charge is 2.15. The topological polar surface area (TPSA) is 62.3 Å². The molecule has 29 heavy (non-hydrogen) atoms. The van der Waals surface area contributed by atoms with Gasteiger partial charge in [-0.15, -0.1) is 0 Å². The molecule has 0 amide bonds. The van der Waals surface area contributed by atoms with Gasteiger partial charge in [0.1, 0.15) is 5.82 Å². The molecule has 0 unspecified atom stereocenters. The Kier molecular flexibility index (Phi) is 6.55. The van der Waals surface area contributed by atoms with Crippen LogP contribution in [0, 0.1) is 0 Å². The third-order valence-electron chi connectivity index (χ3n) is 4.95. The third kappa shape index (κ3) is 5.45. The van der Waals surface area contributed by atoms with Gasteiger partial charge in [0.15, 0.2) is 0 Å². The molecule has 4 rings (SSSR count). The Bertz CT molecular complexity index is 897. The molecule has 0 bridgehead atoms. The predicted molar refractivity (Wildman–Crippen MR) is 118 cm³/mol. The maximum absolute atomic E-state index is 5.47. The number of rotatable bonds is 8. The molecule has 2 N–H and O–H groups in total. The van der Waals surface area contributed by atoms with Gasteiger partial charge in [0.05, 0.1) is 24.6 Å². The lowest BCUT2D eigenvalue weighted by Gasteiger charge is -2.30. The largest absolute Gasteiger partial charge is 0.378 e. The monoisotopic (exact) mass is 389 g/mol. The van der Waals surface area contributed by atoms with Crippen LogP contribution in [0.1, 0.15) is 12.0 Å². The van der Waals surface area contributed by atoms with Gasteiger partial charge in [0.2, 0.25) is 5.95 Å². The van der Waals surface area contributed by atoms with Crippen LogP contribution in [0.3, 0.4) is 0 Å². The summed E-state index contributed by atoms with van der Waals surface area (Å²) >= 11 is 0. The predicted octanol–water partition coefficient (Wildman–Crippen LogP) is 4.10. The summed E-state index contributed by atoms with van der Waals surface area (Å²) in [6.45, 7) is 4.17. The first kappa shape index (κ1) is 19.2. The normalized spacial score (nSPS) is 13.9. The van der Waals surface area contributed by atoms with Crippen LogP contribution in [0.4, 0.5) is 23.1 Å². The highest BCUT2D eigenvalue weighted by Crippen LogP contribution is 2.28. The fourth-order valence-corrected chi connectivity index (χ4v) is 3.45. The zero-order chi connectivity index (χ0) is 19.7. The van der Waals surface area contributed by atoms with Crippen molar-refractivity contribution in [3.63, 3.8) is 0 Å². The SMILES string of the molecule is c1ccc(CCCNc2ccnc(Nc3ccccc3N3CCOCC3)n2)cc1. The second kappa shape index (κ2) is 9.89. The van der Waals surface area contributed by atoms with Crippen molar-refractivity contribution in [1.29, 1.82) is 0 Å². The zero-order valence-electron chi connectivity index (χ0n) is 16.6. The van der Waals surface area contributed by atoms with Gasteiger partial charge in [-0.25, -0.2) is 4.98 Å². The Balaban J connectivity index is 1.35. The van der Waals surface area contributed by atoms with E-state index in [9.17, 15) is 0 Å². The number of aromatic nitrogens is 2. The van der Waals surface area contributed by atoms with Crippen molar-refractivity contribution in [2.75, 3.05) is 48.4 Å². The van der Waals surface area contributed by atoms with E-state index in [0.717, 1.165) is 62.9 Å². The summed E-state index contributed by atoms with van der Waals surface area (Å²) in [6.07, 6.45) is 3.89. The minimum Gasteiger partial charge on any atom is -0.378 e. The Morgan fingerprint density at radius 2 is 1.72 bits per heavy atom. The lowest BCUT2D eigenvalue weighted by Crippen LogP contribution is -2.36. The van der Waals surface area contributed by atoms with Gasteiger partial charge in [-0.2, -0.15) is 4.98 Å². The molecule has 1 saturated heterocycles. The minimum atomic E-state index is 0.596. The van der Waals surface area contributed by atoms with Crippen LogP contribution in [0.25, 0.3) is 0 Å². The lowest BCUT2D eigenvalue weighted by atomic mass is 10.1. The smallest absolute Gasteiger partial charge is 0.229 e.